The normalized spacial score (nSPS) is 20.5. The van der Waals surface area contributed by atoms with Gasteiger partial charge in [0.2, 0.25) is 0 Å². The van der Waals surface area contributed by atoms with Crippen LogP contribution in [0.5, 0.6) is 0 Å². The molecule has 1 aromatic rings. The minimum atomic E-state index is 0.561. The molecular formula is C14H27N5. The standard InChI is InChI=1S/C14H27N5/c1-4-7-19-14(16-11-17-19)10-18-8-5-6-13(18)9-15-12(2)3/h11-13,15H,4-10H2,1-3H3. The van der Waals surface area contributed by atoms with Crippen LogP contribution in [-0.2, 0) is 13.1 Å². The van der Waals surface area contributed by atoms with Gasteiger partial charge in [-0.3, -0.25) is 4.90 Å². The predicted molar refractivity (Wildman–Crippen MR) is 76.9 cm³/mol. The average molecular weight is 265 g/mol. The van der Waals surface area contributed by atoms with Gasteiger partial charge < -0.3 is 5.32 Å². The van der Waals surface area contributed by atoms with Crippen molar-refractivity contribution in [3.05, 3.63) is 12.2 Å². The van der Waals surface area contributed by atoms with Crippen molar-refractivity contribution in [2.45, 2.75) is 65.2 Å². The second kappa shape index (κ2) is 7.01. The summed E-state index contributed by atoms with van der Waals surface area (Å²) in [6.45, 7) is 10.8. The van der Waals surface area contributed by atoms with E-state index in [0.29, 0.717) is 12.1 Å². The van der Waals surface area contributed by atoms with Crippen LogP contribution in [-0.4, -0.2) is 44.8 Å². The van der Waals surface area contributed by atoms with Gasteiger partial charge >= 0.3 is 0 Å². The molecule has 0 aliphatic carbocycles. The van der Waals surface area contributed by atoms with E-state index >= 15 is 0 Å². The van der Waals surface area contributed by atoms with Gasteiger partial charge in [-0.1, -0.05) is 20.8 Å². The third kappa shape index (κ3) is 4.01. The molecule has 19 heavy (non-hydrogen) atoms. The van der Waals surface area contributed by atoms with Crippen molar-refractivity contribution in [1.29, 1.82) is 0 Å². The number of aromatic nitrogens is 3. The summed E-state index contributed by atoms with van der Waals surface area (Å²) >= 11 is 0. The summed E-state index contributed by atoms with van der Waals surface area (Å²) < 4.78 is 2.05. The summed E-state index contributed by atoms with van der Waals surface area (Å²) in [5.74, 6) is 1.11. The van der Waals surface area contributed by atoms with Gasteiger partial charge in [0.25, 0.3) is 0 Å². The summed E-state index contributed by atoms with van der Waals surface area (Å²) in [5.41, 5.74) is 0. The Bertz CT molecular complexity index is 374. The van der Waals surface area contributed by atoms with Crippen LogP contribution in [0.1, 0.15) is 45.9 Å². The first-order chi connectivity index (χ1) is 9.20. The van der Waals surface area contributed by atoms with Crippen molar-refractivity contribution >= 4 is 0 Å². The van der Waals surface area contributed by atoms with Crippen molar-refractivity contribution in [2.75, 3.05) is 13.1 Å². The Balaban J connectivity index is 1.91. The molecule has 0 spiro atoms. The zero-order valence-electron chi connectivity index (χ0n) is 12.5. The van der Waals surface area contributed by atoms with E-state index in [1.54, 1.807) is 6.33 Å². The Labute approximate surface area is 116 Å². The van der Waals surface area contributed by atoms with Crippen molar-refractivity contribution in [2.24, 2.45) is 0 Å². The lowest BCUT2D eigenvalue weighted by atomic mass is 10.2. The molecule has 1 aromatic heterocycles. The third-order valence-corrected chi connectivity index (χ3v) is 3.74. The molecule has 1 saturated heterocycles. The highest BCUT2D eigenvalue weighted by molar-refractivity contribution is 4.90. The molecule has 1 atom stereocenters. The van der Waals surface area contributed by atoms with E-state index in [-0.39, 0.29) is 0 Å². The summed E-state index contributed by atoms with van der Waals surface area (Å²) in [6, 6.07) is 1.21. The summed E-state index contributed by atoms with van der Waals surface area (Å²) in [5, 5.41) is 7.86. The molecule has 5 nitrogen and oxygen atoms in total. The van der Waals surface area contributed by atoms with E-state index in [4.69, 9.17) is 0 Å². The quantitative estimate of drug-likeness (QED) is 0.814. The van der Waals surface area contributed by atoms with E-state index in [1.165, 1.54) is 19.4 Å². The molecule has 0 saturated carbocycles. The van der Waals surface area contributed by atoms with Gasteiger partial charge in [-0.05, 0) is 25.8 Å². The van der Waals surface area contributed by atoms with Crippen molar-refractivity contribution < 1.29 is 0 Å². The molecule has 1 N–H and O–H groups in total. The number of aryl methyl sites for hydroxylation is 1. The molecule has 0 bridgehead atoms. The molecule has 2 rings (SSSR count). The molecule has 0 radical (unpaired) electrons. The zero-order chi connectivity index (χ0) is 13.7. The van der Waals surface area contributed by atoms with E-state index < -0.39 is 0 Å². The largest absolute Gasteiger partial charge is 0.313 e. The monoisotopic (exact) mass is 265 g/mol. The first kappa shape index (κ1) is 14.5. The zero-order valence-corrected chi connectivity index (χ0v) is 12.5. The summed E-state index contributed by atoms with van der Waals surface area (Å²) in [4.78, 5) is 6.96. The minimum Gasteiger partial charge on any atom is -0.313 e. The molecule has 1 aliphatic heterocycles. The molecular weight excluding hydrogens is 238 g/mol. The topological polar surface area (TPSA) is 46.0 Å². The van der Waals surface area contributed by atoms with Crippen LogP contribution in [0.2, 0.25) is 0 Å². The highest BCUT2D eigenvalue weighted by Crippen LogP contribution is 2.19. The lowest BCUT2D eigenvalue weighted by Crippen LogP contribution is -2.40. The Kier molecular flexibility index (Phi) is 5.34. The second-order valence-corrected chi connectivity index (χ2v) is 5.73. The SMILES string of the molecule is CCCn1ncnc1CN1CCCC1CNC(C)C. The minimum absolute atomic E-state index is 0.561. The molecule has 108 valence electrons. The number of nitrogens with one attached hydrogen (secondary N) is 1. The van der Waals surface area contributed by atoms with Gasteiger partial charge in [-0.15, -0.1) is 0 Å². The Morgan fingerprint density at radius 2 is 2.32 bits per heavy atom. The smallest absolute Gasteiger partial charge is 0.141 e. The number of likely N-dealkylation sites (tertiary alicyclic amines) is 1. The van der Waals surface area contributed by atoms with Gasteiger partial charge in [-0.2, -0.15) is 5.10 Å². The summed E-state index contributed by atoms with van der Waals surface area (Å²) in [6.07, 6.45) is 5.38. The van der Waals surface area contributed by atoms with Crippen molar-refractivity contribution in [3.63, 3.8) is 0 Å². The highest BCUT2D eigenvalue weighted by atomic mass is 15.4. The van der Waals surface area contributed by atoms with E-state index in [9.17, 15) is 0 Å². The fourth-order valence-electron chi connectivity index (χ4n) is 2.70. The fourth-order valence-corrected chi connectivity index (χ4v) is 2.70. The maximum absolute atomic E-state index is 4.42. The number of rotatable bonds is 7. The predicted octanol–water partition coefficient (Wildman–Crippen LogP) is 1.65. The molecule has 0 aromatic carbocycles. The van der Waals surface area contributed by atoms with E-state index in [2.05, 4.69) is 41.1 Å². The molecule has 1 aliphatic rings. The van der Waals surface area contributed by atoms with Crippen LogP contribution in [0.15, 0.2) is 6.33 Å². The molecule has 1 unspecified atom stereocenters. The lowest BCUT2D eigenvalue weighted by molar-refractivity contribution is 0.226. The Morgan fingerprint density at radius 3 is 3.05 bits per heavy atom. The van der Waals surface area contributed by atoms with Gasteiger partial charge in [-0.25, -0.2) is 9.67 Å². The average Bonchev–Trinajstić information content (AvgIpc) is 2.98. The number of hydrogen-bond acceptors (Lipinski definition) is 4. The van der Waals surface area contributed by atoms with Gasteiger partial charge in [0.1, 0.15) is 12.2 Å². The maximum Gasteiger partial charge on any atom is 0.141 e. The van der Waals surface area contributed by atoms with Crippen LogP contribution in [0.3, 0.4) is 0 Å². The maximum atomic E-state index is 4.42. The molecule has 1 fully saturated rings. The van der Waals surface area contributed by atoms with Crippen molar-refractivity contribution in [3.8, 4) is 0 Å². The molecule has 0 amide bonds. The fraction of sp³-hybridized carbons (Fsp3) is 0.857. The van der Waals surface area contributed by atoms with Gasteiger partial charge in [0.15, 0.2) is 0 Å². The number of nitrogens with zero attached hydrogens (tertiary/aromatic N) is 4. The molecule has 2 heterocycles. The van der Waals surface area contributed by atoms with E-state index in [0.717, 1.165) is 31.9 Å². The number of hydrogen-bond donors (Lipinski definition) is 1. The van der Waals surface area contributed by atoms with Gasteiger partial charge in [0.05, 0.1) is 6.54 Å². The van der Waals surface area contributed by atoms with Crippen LogP contribution in [0.4, 0.5) is 0 Å². The van der Waals surface area contributed by atoms with E-state index in [1.807, 2.05) is 4.68 Å². The van der Waals surface area contributed by atoms with Gasteiger partial charge in [0, 0.05) is 25.2 Å². The summed E-state index contributed by atoms with van der Waals surface area (Å²) in [7, 11) is 0. The second-order valence-electron chi connectivity index (χ2n) is 5.73. The molecule has 5 heteroatoms. The first-order valence-corrected chi connectivity index (χ1v) is 7.54. The Hall–Kier alpha value is -0.940. The van der Waals surface area contributed by atoms with Crippen LogP contribution < -0.4 is 5.32 Å². The lowest BCUT2D eigenvalue weighted by Gasteiger charge is -2.25. The first-order valence-electron chi connectivity index (χ1n) is 7.54. The van der Waals surface area contributed by atoms with Crippen LogP contribution >= 0.6 is 0 Å². The van der Waals surface area contributed by atoms with Crippen LogP contribution in [0.25, 0.3) is 0 Å². The van der Waals surface area contributed by atoms with Crippen LogP contribution in [0, 0.1) is 0 Å². The van der Waals surface area contributed by atoms with Crippen molar-refractivity contribution in [1.82, 2.24) is 25.0 Å². The Morgan fingerprint density at radius 1 is 1.47 bits per heavy atom. The highest BCUT2D eigenvalue weighted by Gasteiger charge is 2.25. The third-order valence-electron chi connectivity index (χ3n) is 3.74.